The molecule has 0 saturated carbocycles. The van der Waals surface area contributed by atoms with E-state index >= 15 is 0 Å². The van der Waals surface area contributed by atoms with Crippen LogP contribution in [0.25, 0.3) is 42.4 Å². The Kier molecular flexibility index (Phi) is 7.48. The maximum Gasteiger partial charge on any atom is 0.0741 e. The molecule has 0 bridgehead atoms. The number of hydrogen-bond donors (Lipinski definition) is 0. The fourth-order valence-electron chi connectivity index (χ4n) is 10.1. The van der Waals surface area contributed by atoms with E-state index in [0.29, 0.717) is 0 Å². The molecule has 1 unspecified atom stereocenters. The van der Waals surface area contributed by atoms with E-state index in [9.17, 15) is 0 Å². The molecule has 0 amide bonds. The van der Waals surface area contributed by atoms with Gasteiger partial charge in [0.2, 0.25) is 0 Å². The van der Waals surface area contributed by atoms with Gasteiger partial charge in [0.15, 0.2) is 0 Å². The van der Waals surface area contributed by atoms with E-state index < -0.39 is 5.41 Å². The van der Waals surface area contributed by atoms with Crippen molar-refractivity contribution < 1.29 is 0 Å². The van der Waals surface area contributed by atoms with Gasteiger partial charge >= 0.3 is 0 Å². The molecule has 9 aromatic rings. The molecule has 1 heterocycles. The molecule has 1 spiro atoms. The maximum absolute atomic E-state index is 2.53. The van der Waals surface area contributed by atoms with Crippen LogP contribution < -0.4 is 9.80 Å². The first-order chi connectivity index (χ1) is 28.8. The maximum atomic E-state index is 2.53. The lowest BCUT2D eigenvalue weighted by Gasteiger charge is -2.34. The molecule has 0 aliphatic heterocycles. The van der Waals surface area contributed by atoms with Crippen molar-refractivity contribution in [2.24, 2.45) is 0 Å². The van der Waals surface area contributed by atoms with E-state index in [2.05, 4.69) is 216 Å². The largest absolute Gasteiger partial charge is 0.310 e. The Morgan fingerprint density at radius 1 is 0.448 bits per heavy atom. The van der Waals surface area contributed by atoms with Gasteiger partial charge in [0.1, 0.15) is 0 Å². The molecule has 0 saturated heterocycles. The number of anilines is 5. The summed E-state index contributed by atoms with van der Waals surface area (Å²) in [6.45, 7) is 0. The monoisotopic (exact) mass is 758 g/mol. The van der Waals surface area contributed by atoms with Crippen LogP contribution in [0, 0.1) is 0 Å². The van der Waals surface area contributed by atoms with E-state index in [1.807, 2.05) is 11.3 Å². The number of rotatable bonds is 6. The zero-order valence-electron chi connectivity index (χ0n) is 31.8. The molecule has 0 N–H and O–H groups in total. The van der Waals surface area contributed by atoms with Crippen molar-refractivity contribution in [2.75, 3.05) is 9.80 Å². The normalized spacial score (nSPS) is 15.9. The zero-order valence-corrected chi connectivity index (χ0v) is 32.7. The topological polar surface area (TPSA) is 6.48 Å². The van der Waals surface area contributed by atoms with Gasteiger partial charge in [0, 0.05) is 43.4 Å². The van der Waals surface area contributed by atoms with Crippen LogP contribution in [0.4, 0.5) is 28.4 Å². The van der Waals surface area contributed by atoms with Crippen molar-refractivity contribution >= 4 is 60.6 Å². The van der Waals surface area contributed by atoms with Gasteiger partial charge in [-0.25, -0.2) is 0 Å². The SMILES string of the molecule is C1=CC(N(c2ccc3c(c2)C2(c4ccccc4-c4ccc(N(c5ccccc5)c5ccccc5)cc42)c2c-3sc3ccccc23)c2cccc3ccccc23)=CCC1. The second-order valence-corrected chi connectivity index (χ2v) is 16.6. The second kappa shape index (κ2) is 13.1. The number of nitrogens with zero attached hydrogens (tertiary/aromatic N) is 2. The first-order valence-corrected chi connectivity index (χ1v) is 21.1. The Bertz CT molecular complexity index is 3090. The van der Waals surface area contributed by atoms with Crippen LogP contribution in [0.2, 0.25) is 0 Å². The molecule has 8 aromatic carbocycles. The molecule has 12 rings (SSSR count). The fraction of sp³-hybridized carbons (Fsp3) is 0.0545. The van der Waals surface area contributed by atoms with E-state index in [1.165, 1.54) is 81.8 Å². The van der Waals surface area contributed by atoms with Crippen molar-refractivity contribution in [3.63, 3.8) is 0 Å². The van der Waals surface area contributed by atoms with Gasteiger partial charge in [-0.05, 0) is 129 Å². The second-order valence-electron chi connectivity index (χ2n) is 15.5. The third-order valence-corrected chi connectivity index (χ3v) is 13.6. The quantitative estimate of drug-likeness (QED) is 0.167. The third kappa shape index (κ3) is 4.77. The van der Waals surface area contributed by atoms with Crippen molar-refractivity contribution in [3.8, 4) is 21.6 Å². The number of fused-ring (bicyclic) bond motifs is 13. The van der Waals surface area contributed by atoms with Gasteiger partial charge in [-0.2, -0.15) is 0 Å². The zero-order chi connectivity index (χ0) is 38.2. The molecular weight excluding hydrogens is 721 g/mol. The fourth-order valence-corrected chi connectivity index (χ4v) is 11.4. The molecule has 0 fully saturated rings. The summed E-state index contributed by atoms with van der Waals surface area (Å²) in [4.78, 5) is 6.27. The number of hydrogen-bond acceptors (Lipinski definition) is 3. The molecular formula is C55H38N2S. The minimum atomic E-state index is -0.539. The molecule has 3 aliphatic carbocycles. The number of benzene rings is 8. The predicted octanol–water partition coefficient (Wildman–Crippen LogP) is 15.2. The summed E-state index contributed by atoms with van der Waals surface area (Å²) < 4.78 is 1.33. The van der Waals surface area contributed by atoms with Gasteiger partial charge in [0.05, 0.1) is 11.1 Å². The van der Waals surface area contributed by atoms with Crippen LogP contribution in [0.1, 0.15) is 35.1 Å². The number of thiophene rings is 1. The minimum absolute atomic E-state index is 0.539. The molecule has 3 aliphatic rings. The number of allylic oxidation sites excluding steroid dienone is 3. The van der Waals surface area contributed by atoms with Gasteiger partial charge in [-0.1, -0.05) is 140 Å². The van der Waals surface area contributed by atoms with Crippen LogP contribution in [-0.2, 0) is 5.41 Å². The summed E-state index contributed by atoms with van der Waals surface area (Å²) in [6.07, 6.45) is 9.12. The van der Waals surface area contributed by atoms with Crippen LogP contribution >= 0.6 is 11.3 Å². The summed E-state index contributed by atoms with van der Waals surface area (Å²) in [7, 11) is 0. The molecule has 58 heavy (non-hydrogen) atoms. The Balaban J connectivity index is 1.17. The lowest BCUT2D eigenvalue weighted by molar-refractivity contribution is 0.802. The smallest absolute Gasteiger partial charge is 0.0741 e. The van der Waals surface area contributed by atoms with Crippen molar-refractivity contribution in [1.82, 2.24) is 0 Å². The average Bonchev–Trinajstić information content (AvgIpc) is 3.91. The molecule has 274 valence electrons. The van der Waals surface area contributed by atoms with Crippen LogP contribution in [0.5, 0.6) is 0 Å². The minimum Gasteiger partial charge on any atom is -0.310 e. The van der Waals surface area contributed by atoms with Crippen LogP contribution in [-0.4, -0.2) is 0 Å². The van der Waals surface area contributed by atoms with Gasteiger partial charge < -0.3 is 9.80 Å². The van der Waals surface area contributed by atoms with E-state index in [-0.39, 0.29) is 0 Å². The first-order valence-electron chi connectivity index (χ1n) is 20.3. The first kappa shape index (κ1) is 33.2. The lowest BCUT2D eigenvalue weighted by Crippen LogP contribution is -2.27. The van der Waals surface area contributed by atoms with Crippen LogP contribution in [0.3, 0.4) is 0 Å². The Morgan fingerprint density at radius 2 is 1.07 bits per heavy atom. The summed E-state index contributed by atoms with van der Waals surface area (Å²) >= 11 is 1.94. The van der Waals surface area contributed by atoms with Gasteiger partial charge in [0.25, 0.3) is 0 Å². The summed E-state index contributed by atoms with van der Waals surface area (Å²) in [6, 6.07) is 69.8. The average molecular weight is 759 g/mol. The predicted molar refractivity (Wildman–Crippen MR) is 245 cm³/mol. The van der Waals surface area contributed by atoms with Crippen molar-refractivity contribution in [2.45, 2.75) is 18.3 Å². The van der Waals surface area contributed by atoms with Crippen molar-refractivity contribution in [1.29, 1.82) is 0 Å². The van der Waals surface area contributed by atoms with Crippen molar-refractivity contribution in [3.05, 3.63) is 234 Å². The molecule has 1 aromatic heterocycles. The highest BCUT2D eigenvalue weighted by Gasteiger charge is 2.54. The highest BCUT2D eigenvalue weighted by molar-refractivity contribution is 7.22. The molecule has 1 atom stereocenters. The van der Waals surface area contributed by atoms with Crippen LogP contribution in [0.15, 0.2) is 212 Å². The Morgan fingerprint density at radius 3 is 1.84 bits per heavy atom. The molecule has 0 radical (unpaired) electrons. The van der Waals surface area contributed by atoms with E-state index in [4.69, 9.17) is 0 Å². The third-order valence-electron chi connectivity index (χ3n) is 12.4. The highest BCUT2D eigenvalue weighted by Crippen LogP contribution is 2.67. The highest BCUT2D eigenvalue weighted by atomic mass is 32.1. The summed E-state index contributed by atoms with van der Waals surface area (Å²) in [5, 5.41) is 3.82. The standard InChI is InChI=1S/C55H38N2S/c1-4-19-38(20-5-1)56(39-21-6-2-7-22-39)41-31-33-45-44-26-12-14-28-48(44)55(49(45)35-41)50-36-42(32-34-46(50)54-53(55)47-27-13-15-30-52(47)58-54)57(40-23-8-3-9-24-40)51-29-16-18-37-17-10-11-25-43(37)51/h1-2,4-8,10-36H,3,9H2. The summed E-state index contributed by atoms with van der Waals surface area (Å²) in [5.74, 6) is 0. The number of para-hydroxylation sites is 2. The lowest BCUT2D eigenvalue weighted by atomic mass is 9.70. The molecule has 3 heteroatoms. The Labute approximate surface area is 342 Å². The molecule has 2 nitrogen and oxygen atoms in total. The van der Waals surface area contributed by atoms with Gasteiger partial charge in [-0.3, -0.25) is 0 Å². The van der Waals surface area contributed by atoms with Gasteiger partial charge in [-0.15, -0.1) is 11.3 Å². The van der Waals surface area contributed by atoms with E-state index in [1.54, 1.807) is 0 Å². The summed E-state index contributed by atoms with van der Waals surface area (Å²) in [5.41, 5.74) is 15.8. The Hall–Kier alpha value is -6.94. The van der Waals surface area contributed by atoms with E-state index in [0.717, 1.165) is 29.9 Å².